The highest BCUT2D eigenvalue weighted by Gasteiger charge is 2.13. The minimum Gasteiger partial charge on any atom is -0.478 e. The summed E-state index contributed by atoms with van der Waals surface area (Å²) in [6.07, 6.45) is 0. The number of rotatable bonds is 5. The van der Waals surface area contributed by atoms with Gasteiger partial charge < -0.3 is 5.11 Å². The normalized spacial score (nSPS) is 10.9. The fraction of sp³-hybridized carbons (Fsp3) is 0.235. The van der Waals surface area contributed by atoms with Crippen LogP contribution in [0.2, 0.25) is 0 Å². The molecule has 0 aliphatic carbocycles. The van der Waals surface area contributed by atoms with Crippen molar-refractivity contribution in [1.82, 2.24) is 0 Å². The molecule has 2 nitrogen and oxygen atoms in total. The zero-order chi connectivity index (χ0) is 15.4. The number of hydrogen-bond acceptors (Lipinski definition) is 2. The van der Waals surface area contributed by atoms with Crippen LogP contribution in [0.1, 0.15) is 41.3 Å². The van der Waals surface area contributed by atoms with Crippen molar-refractivity contribution in [2.24, 2.45) is 0 Å². The molecule has 1 N–H and O–H groups in total. The molecule has 2 aromatic rings. The average molecular weight is 304 g/mol. The Morgan fingerprint density at radius 2 is 1.86 bits per heavy atom. The first-order chi connectivity index (χ1) is 9.99. The average Bonchev–Trinajstić information content (AvgIpc) is 2.46. The van der Waals surface area contributed by atoms with E-state index in [4.69, 9.17) is 5.11 Å². The lowest BCUT2D eigenvalue weighted by Crippen LogP contribution is -2.02. The summed E-state index contributed by atoms with van der Waals surface area (Å²) in [6, 6.07) is 12.6. The summed E-state index contributed by atoms with van der Waals surface area (Å²) in [5.41, 5.74) is 1.40. The molecule has 110 valence electrons. The van der Waals surface area contributed by atoms with Gasteiger partial charge in [-0.3, -0.25) is 0 Å². The molecule has 0 heterocycles. The molecule has 2 aromatic carbocycles. The highest BCUT2D eigenvalue weighted by Crippen LogP contribution is 2.26. The molecule has 0 radical (unpaired) electrons. The number of carboxylic acid groups (broad SMARTS) is 1. The quantitative estimate of drug-likeness (QED) is 0.795. The van der Waals surface area contributed by atoms with Gasteiger partial charge in [-0.1, -0.05) is 38.1 Å². The van der Waals surface area contributed by atoms with E-state index >= 15 is 0 Å². The molecule has 0 aliphatic rings. The molecule has 0 aliphatic heterocycles. The van der Waals surface area contributed by atoms with Gasteiger partial charge in [0.05, 0.1) is 5.56 Å². The molecule has 0 saturated heterocycles. The van der Waals surface area contributed by atoms with E-state index in [0.29, 0.717) is 17.2 Å². The summed E-state index contributed by atoms with van der Waals surface area (Å²) >= 11 is 1.50. The summed E-state index contributed by atoms with van der Waals surface area (Å²) in [5.74, 6) is -0.987. The highest BCUT2D eigenvalue weighted by atomic mass is 32.2. The predicted molar refractivity (Wildman–Crippen MR) is 83.5 cm³/mol. The van der Waals surface area contributed by atoms with Crippen LogP contribution in [-0.2, 0) is 5.75 Å². The van der Waals surface area contributed by atoms with Crippen molar-refractivity contribution in [3.05, 3.63) is 65.0 Å². The van der Waals surface area contributed by atoms with Gasteiger partial charge >= 0.3 is 5.97 Å². The number of halogens is 1. The van der Waals surface area contributed by atoms with E-state index in [1.807, 2.05) is 12.1 Å². The minimum absolute atomic E-state index is 0.275. The number of carboxylic acids is 1. The summed E-state index contributed by atoms with van der Waals surface area (Å²) in [7, 11) is 0. The van der Waals surface area contributed by atoms with Crippen LogP contribution in [0.5, 0.6) is 0 Å². The van der Waals surface area contributed by atoms with Crippen molar-refractivity contribution in [3.63, 3.8) is 0 Å². The first kappa shape index (κ1) is 15.6. The van der Waals surface area contributed by atoms with Gasteiger partial charge in [0.25, 0.3) is 0 Å². The third kappa shape index (κ3) is 3.85. The van der Waals surface area contributed by atoms with Crippen molar-refractivity contribution in [1.29, 1.82) is 0 Å². The summed E-state index contributed by atoms with van der Waals surface area (Å²) in [4.78, 5) is 11.9. The van der Waals surface area contributed by atoms with E-state index < -0.39 is 11.8 Å². The van der Waals surface area contributed by atoms with E-state index in [0.717, 1.165) is 4.90 Å². The minimum atomic E-state index is -1.24. The molecular formula is C17H17FO2S. The van der Waals surface area contributed by atoms with E-state index in [1.165, 1.54) is 23.4 Å². The van der Waals surface area contributed by atoms with Crippen molar-refractivity contribution in [2.75, 3.05) is 0 Å². The highest BCUT2D eigenvalue weighted by molar-refractivity contribution is 7.98. The van der Waals surface area contributed by atoms with Crippen molar-refractivity contribution < 1.29 is 14.3 Å². The first-order valence-electron chi connectivity index (χ1n) is 6.72. The maximum absolute atomic E-state index is 14.0. The Morgan fingerprint density at radius 1 is 1.19 bits per heavy atom. The zero-order valence-corrected chi connectivity index (χ0v) is 12.8. The monoisotopic (exact) mass is 304 g/mol. The van der Waals surface area contributed by atoms with Gasteiger partial charge in [-0.05, 0) is 35.2 Å². The lowest BCUT2D eigenvalue weighted by molar-refractivity contribution is 0.0691. The van der Waals surface area contributed by atoms with E-state index in [1.54, 1.807) is 12.1 Å². The molecule has 0 unspecified atom stereocenters. The second-order valence-electron chi connectivity index (χ2n) is 5.10. The van der Waals surface area contributed by atoms with E-state index in [9.17, 15) is 9.18 Å². The van der Waals surface area contributed by atoms with Crippen LogP contribution in [0, 0.1) is 5.82 Å². The molecule has 0 fully saturated rings. The fourth-order valence-electron chi connectivity index (χ4n) is 1.97. The lowest BCUT2D eigenvalue weighted by Gasteiger charge is -2.08. The molecule has 0 amide bonds. The van der Waals surface area contributed by atoms with Gasteiger partial charge in [-0.25, -0.2) is 9.18 Å². The Morgan fingerprint density at radius 3 is 2.43 bits per heavy atom. The van der Waals surface area contributed by atoms with E-state index in [-0.39, 0.29) is 5.56 Å². The molecular weight excluding hydrogens is 287 g/mol. The maximum Gasteiger partial charge on any atom is 0.338 e. The lowest BCUT2D eigenvalue weighted by atomic mass is 10.0. The Hall–Kier alpha value is -1.81. The van der Waals surface area contributed by atoms with Gasteiger partial charge in [0.15, 0.2) is 0 Å². The van der Waals surface area contributed by atoms with Gasteiger partial charge in [-0.15, -0.1) is 11.8 Å². The van der Waals surface area contributed by atoms with Crippen LogP contribution in [0.4, 0.5) is 4.39 Å². The predicted octanol–water partition coefficient (Wildman–Crippen LogP) is 4.94. The molecule has 0 bridgehead atoms. The van der Waals surface area contributed by atoms with Crippen molar-refractivity contribution in [2.45, 2.75) is 30.4 Å². The number of hydrogen-bond donors (Lipinski definition) is 1. The first-order valence-corrected chi connectivity index (χ1v) is 7.71. The topological polar surface area (TPSA) is 37.3 Å². The van der Waals surface area contributed by atoms with Crippen molar-refractivity contribution in [3.8, 4) is 0 Å². The van der Waals surface area contributed by atoms with Crippen LogP contribution in [-0.4, -0.2) is 11.1 Å². The standard InChI is InChI=1S/C17H17FO2S/c1-11(2)12-6-8-14(9-7-12)21-10-13-4-3-5-15(16(13)18)17(19)20/h3-9,11H,10H2,1-2H3,(H,19,20). The molecule has 0 aromatic heterocycles. The molecule has 0 saturated carbocycles. The van der Waals surface area contributed by atoms with Crippen LogP contribution in [0.15, 0.2) is 47.4 Å². The fourth-order valence-corrected chi connectivity index (χ4v) is 2.84. The van der Waals surface area contributed by atoms with E-state index in [2.05, 4.69) is 26.0 Å². The molecule has 4 heteroatoms. The number of aromatic carboxylic acids is 1. The van der Waals surface area contributed by atoms with Gasteiger partial charge in [0, 0.05) is 10.6 Å². The molecule has 2 rings (SSSR count). The summed E-state index contributed by atoms with van der Waals surface area (Å²) in [6.45, 7) is 4.27. The zero-order valence-electron chi connectivity index (χ0n) is 12.0. The third-order valence-electron chi connectivity index (χ3n) is 3.25. The Balaban J connectivity index is 2.09. The van der Waals surface area contributed by atoms with Crippen LogP contribution in [0.25, 0.3) is 0 Å². The Bertz CT molecular complexity index is 636. The van der Waals surface area contributed by atoms with Gasteiger partial charge in [-0.2, -0.15) is 0 Å². The molecule has 0 atom stereocenters. The van der Waals surface area contributed by atoms with Crippen LogP contribution >= 0.6 is 11.8 Å². The molecule has 0 spiro atoms. The third-order valence-corrected chi connectivity index (χ3v) is 4.31. The Kier molecular flexibility index (Phi) is 5.02. The summed E-state index contributed by atoms with van der Waals surface area (Å²) in [5, 5.41) is 8.91. The van der Waals surface area contributed by atoms with Crippen LogP contribution in [0.3, 0.4) is 0 Å². The largest absolute Gasteiger partial charge is 0.478 e. The summed E-state index contributed by atoms with van der Waals surface area (Å²) < 4.78 is 14.0. The number of thioether (sulfide) groups is 1. The van der Waals surface area contributed by atoms with Crippen LogP contribution < -0.4 is 0 Å². The number of benzene rings is 2. The van der Waals surface area contributed by atoms with Gasteiger partial charge in [0.2, 0.25) is 0 Å². The van der Waals surface area contributed by atoms with Gasteiger partial charge in [0.1, 0.15) is 5.82 Å². The smallest absolute Gasteiger partial charge is 0.338 e. The SMILES string of the molecule is CC(C)c1ccc(SCc2cccc(C(=O)O)c2F)cc1. The molecule has 21 heavy (non-hydrogen) atoms. The second-order valence-corrected chi connectivity index (χ2v) is 6.14. The number of carbonyl (C=O) groups is 1. The van der Waals surface area contributed by atoms with Crippen molar-refractivity contribution >= 4 is 17.7 Å². The maximum atomic E-state index is 14.0. The Labute approximate surface area is 128 Å². The second kappa shape index (κ2) is 6.76.